The number of fused-ring (bicyclic) bond motifs is 1. The summed E-state index contributed by atoms with van der Waals surface area (Å²) in [6.07, 6.45) is 3.08. The fourth-order valence-corrected chi connectivity index (χ4v) is 2.22. The van der Waals surface area contributed by atoms with Crippen molar-refractivity contribution in [3.63, 3.8) is 0 Å². The van der Waals surface area contributed by atoms with Crippen molar-refractivity contribution in [3.8, 4) is 0 Å². The van der Waals surface area contributed by atoms with Gasteiger partial charge >= 0.3 is 5.97 Å². The third-order valence-corrected chi connectivity index (χ3v) is 2.97. The molecule has 17 heavy (non-hydrogen) atoms. The largest absolute Gasteiger partial charge is 0.481 e. The molecule has 5 nitrogen and oxygen atoms in total. The summed E-state index contributed by atoms with van der Waals surface area (Å²) in [5, 5.41) is 12.1. The molecule has 0 bridgehead atoms. The highest BCUT2D eigenvalue weighted by molar-refractivity contribution is 6.03. The second-order valence-electron chi connectivity index (χ2n) is 4.20. The summed E-state index contributed by atoms with van der Waals surface area (Å²) >= 11 is 0. The number of anilines is 1. The number of hydrogen-bond acceptors (Lipinski definition) is 3. The minimum Gasteiger partial charge on any atom is -0.481 e. The van der Waals surface area contributed by atoms with Crippen LogP contribution in [0, 0.1) is 0 Å². The van der Waals surface area contributed by atoms with Gasteiger partial charge in [0.25, 0.3) is 0 Å². The van der Waals surface area contributed by atoms with Gasteiger partial charge in [0.2, 0.25) is 0 Å². The number of carbonyl (C=O) groups is 2. The number of Topliss-reactive ketones (excluding diaryl/α,β-unsaturated/α-hetero) is 1. The van der Waals surface area contributed by atoms with Crippen LogP contribution >= 0.6 is 0 Å². The summed E-state index contributed by atoms with van der Waals surface area (Å²) in [5.74, 6) is -0.109. The molecule has 0 unspecified atom stereocenters. The number of aromatic nitrogens is 1. The fourth-order valence-electron chi connectivity index (χ4n) is 2.22. The Morgan fingerprint density at radius 2 is 2.29 bits per heavy atom. The molecular formula is C12H16N2O3. The molecule has 2 N–H and O–H groups in total. The van der Waals surface area contributed by atoms with Crippen LogP contribution in [0.2, 0.25) is 0 Å². The second kappa shape index (κ2) is 4.61. The van der Waals surface area contributed by atoms with Crippen LogP contribution in [0.3, 0.4) is 0 Å². The molecule has 0 saturated heterocycles. The van der Waals surface area contributed by atoms with Crippen LogP contribution in [0.15, 0.2) is 6.20 Å². The smallest absolute Gasteiger partial charge is 0.307 e. The molecule has 92 valence electrons. The van der Waals surface area contributed by atoms with E-state index in [9.17, 15) is 9.59 Å². The summed E-state index contributed by atoms with van der Waals surface area (Å²) in [7, 11) is 0. The number of aryl methyl sites for hydroxylation is 1. The standard InChI is InChI=1S/C12H16N2O3/c1-2-9(15)11-8(6-10(16)17)7-14-5-3-4-13-12(11)14/h7,13H,2-6H2,1H3,(H,16,17). The van der Waals surface area contributed by atoms with E-state index in [0.29, 0.717) is 17.5 Å². The number of nitrogens with zero attached hydrogens (tertiary/aromatic N) is 1. The zero-order valence-electron chi connectivity index (χ0n) is 9.82. The molecule has 0 spiro atoms. The van der Waals surface area contributed by atoms with Crippen molar-refractivity contribution in [1.82, 2.24) is 4.57 Å². The molecular weight excluding hydrogens is 220 g/mol. The minimum absolute atomic E-state index is 0.00407. The average molecular weight is 236 g/mol. The summed E-state index contributed by atoms with van der Waals surface area (Å²) < 4.78 is 1.95. The van der Waals surface area contributed by atoms with Gasteiger partial charge in [0, 0.05) is 25.7 Å². The Bertz CT molecular complexity index is 463. The lowest BCUT2D eigenvalue weighted by Gasteiger charge is -2.18. The predicted molar refractivity (Wildman–Crippen MR) is 63.5 cm³/mol. The van der Waals surface area contributed by atoms with Crippen LogP contribution in [0.1, 0.15) is 35.7 Å². The molecule has 0 atom stereocenters. The number of carboxylic acids is 1. The summed E-state index contributed by atoms with van der Waals surface area (Å²) in [4.78, 5) is 22.7. The second-order valence-corrected chi connectivity index (χ2v) is 4.20. The molecule has 2 heterocycles. The van der Waals surface area contributed by atoms with Crippen LogP contribution in [0.25, 0.3) is 0 Å². The van der Waals surface area contributed by atoms with Gasteiger partial charge in [-0.1, -0.05) is 6.92 Å². The molecule has 5 heteroatoms. The monoisotopic (exact) mass is 236 g/mol. The van der Waals surface area contributed by atoms with Crippen LogP contribution in [0.4, 0.5) is 5.82 Å². The van der Waals surface area contributed by atoms with E-state index in [1.165, 1.54) is 0 Å². The molecule has 1 aromatic rings. The van der Waals surface area contributed by atoms with Crippen molar-refractivity contribution in [2.24, 2.45) is 0 Å². The highest BCUT2D eigenvalue weighted by Gasteiger charge is 2.23. The Hall–Kier alpha value is -1.78. The normalized spacial score (nSPS) is 13.9. The topological polar surface area (TPSA) is 71.3 Å². The van der Waals surface area contributed by atoms with Crippen molar-refractivity contribution in [1.29, 1.82) is 0 Å². The molecule has 0 amide bonds. The quantitative estimate of drug-likeness (QED) is 0.777. The van der Waals surface area contributed by atoms with E-state index in [1.807, 2.05) is 4.57 Å². The Morgan fingerprint density at radius 1 is 1.53 bits per heavy atom. The van der Waals surface area contributed by atoms with E-state index in [0.717, 1.165) is 25.3 Å². The van der Waals surface area contributed by atoms with Crippen molar-refractivity contribution in [2.75, 3.05) is 11.9 Å². The van der Waals surface area contributed by atoms with Gasteiger partial charge in [0.1, 0.15) is 5.82 Å². The molecule has 0 radical (unpaired) electrons. The Kier molecular flexibility index (Phi) is 3.17. The number of carbonyl (C=O) groups excluding carboxylic acids is 1. The average Bonchev–Trinajstić information content (AvgIpc) is 2.65. The molecule has 2 rings (SSSR count). The number of ketones is 1. The maximum absolute atomic E-state index is 11.9. The molecule has 0 fully saturated rings. The molecule has 1 aromatic heterocycles. The van der Waals surface area contributed by atoms with Crippen molar-refractivity contribution >= 4 is 17.6 Å². The first-order chi connectivity index (χ1) is 8.13. The van der Waals surface area contributed by atoms with Gasteiger partial charge in [-0.05, 0) is 12.0 Å². The van der Waals surface area contributed by atoms with Crippen molar-refractivity contribution < 1.29 is 14.7 Å². The van der Waals surface area contributed by atoms with Crippen molar-refractivity contribution in [2.45, 2.75) is 32.7 Å². The summed E-state index contributed by atoms with van der Waals surface area (Å²) in [5.41, 5.74) is 1.18. The molecule has 1 aliphatic rings. The molecule has 0 saturated carbocycles. The molecule has 0 aliphatic carbocycles. The zero-order valence-corrected chi connectivity index (χ0v) is 9.82. The zero-order chi connectivity index (χ0) is 12.4. The van der Waals surface area contributed by atoms with E-state index in [4.69, 9.17) is 5.11 Å². The maximum atomic E-state index is 11.9. The van der Waals surface area contributed by atoms with E-state index in [1.54, 1.807) is 13.1 Å². The van der Waals surface area contributed by atoms with E-state index < -0.39 is 5.97 Å². The third kappa shape index (κ3) is 2.18. The first kappa shape index (κ1) is 11.7. The van der Waals surface area contributed by atoms with Gasteiger partial charge in [-0.3, -0.25) is 9.59 Å². The van der Waals surface area contributed by atoms with Gasteiger partial charge in [-0.15, -0.1) is 0 Å². The number of nitrogens with one attached hydrogen (secondary N) is 1. The highest BCUT2D eigenvalue weighted by atomic mass is 16.4. The third-order valence-electron chi connectivity index (χ3n) is 2.97. The van der Waals surface area contributed by atoms with E-state index >= 15 is 0 Å². The van der Waals surface area contributed by atoms with Crippen LogP contribution in [-0.2, 0) is 17.8 Å². The van der Waals surface area contributed by atoms with Crippen LogP contribution in [-0.4, -0.2) is 28.0 Å². The molecule has 1 aliphatic heterocycles. The number of rotatable bonds is 4. The Balaban J connectivity index is 2.46. The predicted octanol–water partition coefficient (Wildman–Crippen LogP) is 1.52. The van der Waals surface area contributed by atoms with Gasteiger partial charge in [0.05, 0.1) is 12.0 Å². The number of carboxylic acid groups (broad SMARTS) is 1. The van der Waals surface area contributed by atoms with Crippen LogP contribution < -0.4 is 5.32 Å². The van der Waals surface area contributed by atoms with E-state index in [-0.39, 0.29) is 12.2 Å². The number of hydrogen-bond donors (Lipinski definition) is 2. The Morgan fingerprint density at radius 3 is 2.94 bits per heavy atom. The maximum Gasteiger partial charge on any atom is 0.307 e. The molecule has 0 aromatic carbocycles. The van der Waals surface area contributed by atoms with Gasteiger partial charge in [0.15, 0.2) is 5.78 Å². The van der Waals surface area contributed by atoms with Gasteiger partial charge < -0.3 is 15.0 Å². The van der Waals surface area contributed by atoms with E-state index in [2.05, 4.69) is 5.32 Å². The highest BCUT2D eigenvalue weighted by Crippen LogP contribution is 2.27. The first-order valence-electron chi connectivity index (χ1n) is 5.84. The Labute approximate surface area is 99.4 Å². The number of aliphatic carboxylic acids is 1. The lowest BCUT2D eigenvalue weighted by Crippen LogP contribution is -2.18. The van der Waals surface area contributed by atoms with Gasteiger partial charge in [-0.2, -0.15) is 0 Å². The fraction of sp³-hybridized carbons (Fsp3) is 0.500. The lowest BCUT2D eigenvalue weighted by molar-refractivity contribution is -0.136. The summed E-state index contributed by atoms with van der Waals surface area (Å²) in [6.45, 7) is 3.46. The van der Waals surface area contributed by atoms with Crippen LogP contribution in [0.5, 0.6) is 0 Å². The first-order valence-corrected chi connectivity index (χ1v) is 5.84. The SMILES string of the molecule is CCC(=O)c1c(CC(=O)O)cn2c1NCCC2. The van der Waals surface area contributed by atoms with Crippen molar-refractivity contribution in [3.05, 3.63) is 17.3 Å². The lowest BCUT2D eigenvalue weighted by atomic mass is 10.0. The minimum atomic E-state index is -0.905. The van der Waals surface area contributed by atoms with Gasteiger partial charge in [-0.25, -0.2) is 0 Å². The summed E-state index contributed by atoms with van der Waals surface area (Å²) in [6, 6.07) is 0.